The van der Waals surface area contributed by atoms with E-state index in [1.54, 1.807) is 0 Å². The Hall–Kier alpha value is 0.190. The Morgan fingerprint density at radius 2 is 1.27 bits per heavy atom. The highest BCUT2D eigenvalue weighted by Gasteiger charge is 2.07. The van der Waals surface area contributed by atoms with Gasteiger partial charge in [0.2, 0.25) is 0 Å². The number of hydrogen-bond donors (Lipinski definition) is 3. The molecule has 0 fully saturated rings. The van der Waals surface area contributed by atoms with Gasteiger partial charge in [0.15, 0.2) is 0 Å². The molecule has 0 amide bonds. The third-order valence-corrected chi connectivity index (χ3v) is 5.16. The first-order valence-corrected chi connectivity index (χ1v) is 11.3. The van der Waals surface area contributed by atoms with Crippen LogP contribution in [0.3, 0.4) is 0 Å². The lowest BCUT2D eigenvalue weighted by atomic mass is 10.0. The second-order valence-electron chi connectivity index (χ2n) is 7.46. The average molecular weight is 393 g/mol. The van der Waals surface area contributed by atoms with Crippen molar-refractivity contribution in [3.8, 4) is 0 Å². The Morgan fingerprint density at radius 1 is 0.769 bits per heavy atom. The van der Waals surface area contributed by atoms with Gasteiger partial charge in [-0.15, -0.1) is 0 Å². The van der Waals surface area contributed by atoms with Gasteiger partial charge < -0.3 is 19.1 Å². The number of aliphatic hydroxyl groups is 2. The fraction of sp³-hybridized carbons (Fsp3) is 1.00. The molecule has 0 rings (SSSR count). The van der Waals surface area contributed by atoms with E-state index in [0.717, 1.165) is 19.3 Å². The van der Waals surface area contributed by atoms with Crippen molar-refractivity contribution in [3.63, 3.8) is 0 Å². The van der Waals surface area contributed by atoms with Crippen LogP contribution in [0.4, 0.5) is 0 Å². The number of rotatable bonds is 21. The zero-order chi connectivity index (χ0) is 19.3. The van der Waals surface area contributed by atoms with Gasteiger partial charge in [-0.1, -0.05) is 84.0 Å². The summed E-state index contributed by atoms with van der Waals surface area (Å²) in [6, 6.07) is 0. The molecular formula is C21H44O4S. The van der Waals surface area contributed by atoms with E-state index in [1.165, 1.54) is 77.0 Å². The molecule has 0 aliphatic heterocycles. The summed E-state index contributed by atoms with van der Waals surface area (Å²) in [4.78, 5) is 0. The minimum Gasteiger partial charge on any atom is -0.394 e. The molecule has 0 saturated heterocycles. The maximum absolute atomic E-state index is 9.14. The first-order chi connectivity index (χ1) is 12.7. The van der Waals surface area contributed by atoms with Crippen LogP contribution in [0, 0.1) is 0 Å². The maximum Gasteiger partial charge on any atom is 0.100 e. The highest BCUT2D eigenvalue weighted by atomic mass is 32.1. The standard InChI is InChI=1S/C21H44O4S/c1-2-3-4-12-15-21(25-26)16-13-10-8-6-5-7-9-11-14-17-24-19-20(23)18-22/h20-23,26H,2-19H2,1H3. The molecule has 0 saturated carbocycles. The molecule has 0 aromatic carbocycles. The molecule has 0 aliphatic rings. The Bertz CT molecular complexity index is 266. The topological polar surface area (TPSA) is 58.9 Å². The molecule has 2 unspecified atom stereocenters. The molecule has 0 radical (unpaired) electrons. The summed E-state index contributed by atoms with van der Waals surface area (Å²) in [5.41, 5.74) is 0. The fourth-order valence-corrected chi connectivity index (χ4v) is 3.34. The summed E-state index contributed by atoms with van der Waals surface area (Å²) in [6.07, 6.45) is 18.5. The molecular weight excluding hydrogens is 348 g/mol. The van der Waals surface area contributed by atoms with Gasteiger partial charge in [-0.2, -0.15) is 0 Å². The summed E-state index contributed by atoms with van der Waals surface area (Å²) >= 11 is 4.04. The van der Waals surface area contributed by atoms with Gasteiger partial charge in [0.25, 0.3) is 0 Å². The average Bonchev–Trinajstić information content (AvgIpc) is 2.66. The summed E-state index contributed by atoms with van der Waals surface area (Å²) < 4.78 is 10.6. The van der Waals surface area contributed by atoms with Crippen molar-refractivity contribution in [2.75, 3.05) is 19.8 Å². The Kier molecular flexibility index (Phi) is 21.6. The number of thiol groups is 1. The molecule has 2 atom stereocenters. The van der Waals surface area contributed by atoms with Crippen molar-refractivity contribution in [3.05, 3.63) is 0 Å². The molecule has 5 heteroatoms. The van der Waals surface area contributed by atoms with Gasteiger partial charge in [-0.3, -0.25) is 0 Å². The first-order valence-electron chi connectivity index (χ1n) is 10.9. The number of hydrogen-bond acceptors (Lipinski definition) is 5. The third-order valence-electron chi connectivity index (χ3n) is 4.86. The molecule has 26 heavy (non-hydrogen) atoms. The Labute approximate surface area is 167 Å². The molecule has 4 nitrogen and oxygen atoms in total. The van der Waals surface area contributed by atoms with Crippen LogP contribution in [0.2, 0.25) is 0 Å². The van der Waals surface area contributed by atoms with Crippen molar-refractivity contribution in [2.45, 2.75) is 115 Å². The smallest absolute Gasteiger partial charge is 0.100 e. The predicted molar refractivity (Wildman–Crippen MR) is 113 cm³/mol. The van der Waals surface area contributed by atoms with Gasteiger partial charge in [0.1, 0.15) is 6.10 Å². The van der Waals surface area contributed by atoms with Crippen LogP contribution >= 0.6 is 12.9 Å². The molecule has 0 aromatic rings. The molecule has 2 N–H and O–H groups in total. The molecule has 0 heterocycles. The van der Waals surface area contributed by atoms with Crippen molar-refractivity contribution in [2.24, 2.45) is 0 Å². The van der Waals surface area contributed by atoms with Crippen LogP contribution in [0.1, 0.15) is 103 Å². The monoisotopic (exact) mass is 392 g/mol. The van der Waals surface area contributed by atoms with Crippen molar-refractivity contribution >= 4 is 12.9 Å². The molecule has 0 spiro atoms. The van der Waals surface area contributed by atoms with E-state index < -0.39 is 6.10 Å². The van der Waals surface area contributed by atoms with Crippen molar-refractivity contribution < 1.29 is 19.1 Å². The van der Waals surface area contributed by atoms with Crippen LogP contribution in [0.5, 0.6) is 0 Å². The van der Waals surface area contributed by atoms with Crippen molar-refractivity contribution in [1.82, 2.24) is 0 Å². The molecule has 0 aliphatic carbocycles. The normalized spacial score (nSPS) is 13.8. The SMILES string of the molecule is CCCCCCC(CCCCCCCCCCCOCC(O)CO)OS. The van der Waals surface area contributed by atoms with Gasteiger partial charge in [-0.25, -0.2) is 0 Å². The summed E-state index contributed by atoms with van der Waals surface area (Å²) in [7, 11) is 0. The second-order valence-corrected chi connectivity index (χ2v) is 7.67. The van der Waals surface area contributed by atoms with E-state index in [1.807, 2.05) is 0 Å². The summed E-state index contributed by atoms with van der Waals surface area (Å²) in [5.74, 6) is 0. The minimum absolute atomic E-state index is 0.221. The molecule has 0 bridgehead atoms. The van der Waals surface area contributed by atoms with Crippen LogP contribution in [-0.4, -0.2) is 42.2 Å². The van der Waals surface area contributed by atoms with E-state index in [4.69, 9.17) is 19.1 Å². The zero-order valence-corrected chi connectivity index (χ0v) is 17.9. The van der Waals surface area contributed by atoms with Gasteiger partial charge in [-0.05, 0) is 32.2 Å². The largest absolute Gasteiger partial charge is 0.394 e. The van der Waals surface area contributed by atoms with Crippen LogP contribution in [0.25, 0.3) is 0 Å². The minimum atomic E-state index is -0.731. The van der Waals surface area contributed by atoms with Gasteiger partial charge in [0, 0.05) is 6.61 Å². The van der Waals surface area contributed by atoms with Crippen LogP contribution < -0.4 is 0 Å². The molecule has 0 aromatic heterocycles. The Balaban J connectivity index is 3.22. The predicted octanol–water partition coefficient (Wildman–Crippen LogP) is 5.46. The first kappa shape index (κ1) is 26.2. The fourth-order valence-electron chi connectivity index (χ4n) is 3.13. The summed E-state index contributed by atoms with van der Waals surface area (Å²) in [6.45, 7) is 2.95. The lowest BCUT2D eigenvalue weighted by Crippen LogP contribution is -2.19. The lowest BCUT2D eigenvalue weighted by Gasteiger charge is -2.13. The van der Waals surface area contributed by atoms with Crippen LogP contribution in [-0.2, 0) is 8.92 Å². The zero-order valence-electron chi connectivity index (χ0n) is 17.0. The van der Waals surface area contributed by atoms with Crippen molar-refractivity contribution in [1.29, 1.82) is 0 Å². The quantitative estimate of drug-likeness (QED) is 0.138. The lowest BCUT2D eigenvalue weighted by molar-refractivity contribution is 0.00526. The van der Waals surface area contributed by atoms with Gasteiger partial charge >= 0.3 is 0 Å². The maximum atomic E-state index is 9.14. The van der Waals surface area contributed by atoms with E-state index in [9.17, 15) is 0 Å². The van der Waals surface area contributed by atoms with E-state index in [-0.39, 0.29) is 13.2 Å². The van der Waals surface area contributed by atoms with E-state index >= 15 is 0 Å². The highest BCUT2D eigenvalue weighted by molar-refractivity contribution is 7.75. The van der Waals surface area contributed by atoms with E-state index in [2.05, 4.69) is 19.8 Å². The van der Waals surface area contributed by atoms with E-state index in [0.29, 0.717) is 12.7 Å². The second kappa shape index (κ2) is 21.5. The molecule has 158 valence electrons. The number of ether oxygens (including phenoxy) is 1. The van der Waals surface area contributed by atoms with Gasteiger partial charge in [0.05, 0.1) is 19.3 Å². The number of unbranched alkanes of at least 4 members (excludes halogenated alkanes) is 11. The number of aliphatic hydroxyl groups excluding tert-OH is 2. The van der Waals surface area contributed by atoms with Crippen LogP contribution in [0.15, 0.2) is 0 Å². The summed E-state index contributed by atoms with van der Waals surface area (Å²) in [5, 5.41) is 17.8. The highest BCUT2D eigenvalue weighted by Crippen LogP contribution is 2.17. The third kappa shape index (κ3) is 19.0. The Morgan fingerprint density at radius 3 is 1.77 bits per heavy atom.